The van der Waals surface area contributed by atoms with E-state index in [1.54, 1.807) is 19.4 Å². The molecule has 0 aliphatic heterocycles. The van der Waals surface area contributed by atoms with Gasteiger partial charge in [-0.15, -0.1) is 0 Å². The highest BCUT2D eigenvalue weighted by Crippen LogP contribution is 2.28. The number of nitrogens with one attached hydrogen (secondary N) is 1. The van der Waals surface area contributed by atoms with Crippen LogP contribution in [0.5, 0.6) is 5.75 Å². The maximum Gasteiger partial charge on any atom is 0.255 e. The minimum atomic E-state index is -0.412. The van der Waals surface area contributed by atoms with Crippen LogP contribution in [0.2, 0.25) is 0 Å². The molecule has 5 nitrogen and oxygen atoms in total. The van der Waals surface area contributed by atoms with Crippen LogP contribution < -0.4 is 16.0 Å². The lowest BCUT2D eigenvalue weighted by atomic mass is 9.81. The summed E-state index contributed by atoms with van der Waals surface area (Å²) in [6, 6.07) is 4.97. The van der Waals surface area contributed by atoms with Gasteiger partial charge in [0.25, 0.3) is 5.56 Å². The first kappa shape index (κ1) is 16.7. The molecule has 1 aromatic heterocycles. The predicted molar refractivity (Wildman–Crippen MR) is 94.4 cm³/mol. The number of pyridine rings is 1. The van der Waals surface area contributed by atoms with E-state index >= 15 is 0 Å². The second kappa shape index (κ2) is 7.18. The van der Waals surface area contributed by atoms with Crippen LogP contribution >= 0.6 is 0 Å². The van der Waals surface area contributed by atoms with Crippen molar-refractivity contribution in [3.8, 4) is 5.75 Å². The fraction of sp³-hybridized carbons (Fsp3) is 0.474. The molecule has 2 aromatic rings. The Morgan fingerprint density at radius 3 is 2.79 bits per heavy atom. The molecule has 128 valence electrons. The molecule has 1 heterocycles. The van der Waals surface area contributed by atoms with Crippen molar-refractivity contribution in [3.63, 3.8) is 0 Å². The number of ether oxygens (including phenoxy) is 1. The van der Waals surface area contributed by atoms with Crippen LogP contribution in [0.15, 0.2) is 29.2 Å². The van der Waals surface area contributed by atoms with Gasteiger partial charge in [-0.2, -0.15) is 0 Å². The molecule has 1 aromatic carbocycles. The van der Waals surface area contributed by atoms with Gasteiger partial charge in [-0.05, 0) is 42.3 Å². The van der Waals surface area contributed by atoms with Gasteiger partial charge in [0.15, 0.2) is 5.78 Å². The molecule has 0 bridgehead atoms. The molecule has 1 fully saturated rings. The summed E-state index contributed by atoms with van der Waals surface area (Å²) >= 11 is 0. The molecule has 0 unspecified atom stereocenters. The third-order valence-corrected chi connectivity index (χ3v) is 5.07. The number of nitrogens with two attached hydrogens (primary N) is 1. The SMILES string of the molecule is COc1cc2c(=O)[nH]ccc2cc1CC(=O)[C@@H](N)C1CCCCC1. The number of aromatic amines is 1. The van der Waals surface area contributed by atoms with E-state index in [2.05, 4.69) is 4.98 Å². The summed E-state index contributed by atoms with van der Waals surface area (Å²) in [5.74, 6) is 0.897. The Balaban J connectivity index is 1.85. The maximum atomic E-state index is 12.6. The molecule has 24 heavy (non-hydrogen) atoms. The normalized spacial score (nSPS) is 16.9. The standard InChI is InChI=1S/C19H24N2O3/c1-24-17-11-15-13(7-8-21-19(15)23)9-14(17)10-16(22)18(20)12-5-3-2-4-6-12/h7-9,11-12,18H,2-6,10,20H2,1H3,(H,21,23)/t18-/m0/s1. The minimum absolute atomic E-state index is 0.0457. The first-order chi connectivity index (χ1) is 11.6. The zero-order valence-electron chi connectivity index (χ0n) is 14.0. The predicted octanol–water partition coefficient (Wildman–Crippen LogP) is 2.56. The van der Waals surface area contributed by atoms with Crippen LogP contribution in [0, 0.1) is 5.92 Å². The highest BCUT2D eigenvalue weighted by atomic mass is 16.5. The van der Waals surface area contributed by atoms with Gasteiger partial charge in [-0.1, -0.05) is 19.3 Å². The molecule has 0 amide bonds. The van der Waals surface area contributed by atoms with Gasteiger partial charge in [0.2, 0.25) is 0 Å². The lowest BCUT2D eigenvalue weighted by Crippen LogP contribution is -2.40. The highest BCUT2D eigenvalue weighted by Gasteiger charge is 2.26. The second-order valence-corrected chi connectivity index (χ2v) is 6.63. The lowest BCUT2D eigenvalue weighted by molar-refractivity contribution is -0.121. The third kappa shape index (κ3) is 3.36. The van der Waals surface area contributed by atoms with Crippen molar-refractivity contribution in [1.82, 2.24) is 4.98 Å². The molecule has 0 radical (unpaired) electrons. The average Bonchev–Trinajstić information content (AvgIpc) is 2.61. The number of carbonyl (C=O) groups excluding carboxylic acids is 1. The van der Waals surface area contributed by atoms with Gasteiger partial charge in [0.05, 0.1) is 18.5 Å². The largest absolute Gasteiger partial charge is 0.496 e. The summed E-state index contributed by atoms with van der Waals surface area (Å²) in [5.41, 5.74) is 6.84. The number of carbonyl (C=O) groups is 1. The Bertz CT molecular complexity index is 791. The number of hydrogen-bond donors (Lipinski definition) is 2. The number of hydrogen-bond acceptors (Lipinski definition) is 4. The van der Waals surface area contributed by atoms with E-state index in [1.165, 1.54) is 6.42 Å². The zero-order valence-corrected chi connectivity index (χ0v) is 14.0. The summed E-state index contributed by atoms with van der Waals surface area (Å²) in [5, 5.41) is 1.36. The fourth-order valence-electron chi connectivity index (χ4n) is 3.65. The summed E-state index contributed by atoms with van der Waals surface area (Å²) in [6.45, 7) is 0. The van der Waals surface area contributed by atoms with E-state index in [4.69, 9.17) is 10.5 Å². The van der Waals surface area contributed by atoms with Crippen molar-refractivity contribution < 1.29 is 9.53 Å². The fourth-order valence-corrected chi connectivity index (χ4v) is 3.65. The monoisotopic (exact) mass is 328 g/mol. The van der Waals surface area contributed by atoms with Gasteiger partial charge in [-0.3, -0.25) is 9.59 Å². The summed E-state index contributed by atoms with van der Waals surface area (Å²) in [6.07, 6.45) is 7.49. The van der Waals surface area contributed by atoms with Gasteiger partial charge in [-0.25, -0.2) is 0 Å². The molecule has 1 saturated carbocycles. The number of H-pyrrole nitrogens is 1. The first-order valence-electron chi connectivity index (χ1n) is 8.56. The van der Waals surface area contributed by atoms with Crippen LogP contribution in [0.1, 0.15) is 37.7 Å². The number of Topliss-reactive ketones (excluding diaryl/α,β-unsaturated/α-hetero) is 1. The minimum Gasteiger partial charge on any atom is -0.496 e. The van der Waals surface area contributed by atoms with E-state index in [1.807, 2.05) is 12.1 Å². The topological polar surface area (TPSA) is 85.2 Å². The molecular weight excluding hydrogens is 304 g/mol. The van der Waals surface area contributed by atoms with Crippen molar-refractivity contribution in [2.24, 2.45) is 11.7 Å². The molecule has 0 saturated heterocycles. The van der Waals surface area contributed by atoms with Crippen LogP contribution in [0.3, 0.4) is 0 Å². The number of aromatic nitrogens is 1. The van der Waals surface area contributed by atoms with Gasteiger partial charge >= 0.3 is 0 Å². The molecule has 0 spiro atoms. The van der Waals surface area contributed by atoms with Crippen LogP contribution in [0.25, 0.3) is 10.8 Å². The van der Waals surface area contributed by atoms with E-state index < -0.39 is 6.04 Å². The van der Waals surface area contributed by atoms with Gasteiger partial charge < -0.3 is 15.5 Å². The molecule has 3 rings (SSSR count). The van der Waals surface area contributed by atoms with Crippen molar-refractivity contribution in [3.05, 3.63) is 40.3 Å². The summed E-state index contributed by atoms with van der Waals surface area (Å²) < 4.78 is 5.39. The zero-order chi connectivity index (χ0) is 17.1. The lowest BCUT2D eigenvalue weighted by Gasteiger charge is -2.26. The Morgan fingerprint density at radius 2 is 2.08 bits per heavy atom. The van der Waals surface area contributed by atoms with Gasteiger partial charge in [0, 0.05) is 18.2 Å². The second-order valence-electron chi connectivity index (χ2n) is 6.63. The number of methoxy groups -OCH3 is 1. The van der Waals surface area contributed by atoms with E-state index in [-0.39, 0.29) is 17.8 Å². The molecule has 5 heteroatoms. The first-order valence-corrected chi connectivity index (χ1v) is 8.56. The Hall–Kier alpha value is -2.14. The smallest absolute Gasteiger partial charge is 0.255 e. The number of rotatable bonds is 5. The van der Waals surface area contributed by atoms with Crippen molar-refractivity contribution in [2.45, 2.75) is 44.6 Å². The van der Waals surface area contributed by atoms with Crippen molar-refractivity contribution in [2.75, 3.05) is 7.11 Å². The van der Waals surface area contributed by atoms with Crippen molar-refractivity contribution in [1.29, 1.82) is 0 Å². The Labute approximate surface area is 141 Å². The summed E-state index contributed by atoms with van der Waals surface area (Å²) in [7, 11) is 1.55. The molecule has 1 aliphatic carbocycles. The van der Waals surface area contributed by atoms with E-state index in [0.29, 0.717) is 17.1 Å². The third-order valence-electron chi connectivity index (χ3n) is 5.07. The maximum absolute atomic E-state index is 12.6. The van der Waals surface area contributed by atoms with Crippen LogP contribution in [-0.2, 0) is 11.2 Å². The number of benzene rings is 1. The van der Waals surface area contributed by atoms with Gasteiger partial charge in [0.1, 0.15) is 5.75 Å². The van der Waals surface area contributed by atoms with Crippen LogP contribution in [-0.4, -0.2) is 23.9 Å². The average molecular weight is 328 g/mol. The molecule has 3 N–H and O–H groups in total. The molecule has 1 atom stereocenters. The number of fused-ring (bicyclic) bond motifs is 1. The quantitative estimate of drug-likeness (QED) is 0.883. The Kier molecular flexibility index (Phi) is 5.00. The number of ketones is 1. The van der Waals surface area contributed by atoms with E-state index in [0.717, 1.165) is 36.6 Å². The van der Waals surface area contributed by atoms with Crippen molar-refractivity contribution >= 4 is 16.6 Å². The molecular formula is C19H24N2O3. The summed E-state index contributed by atoms with van der Waals surface area (Å²) in [4.78, 5) is 27.2. The van der Waals surface area contributed by atoms with Crippen LogP contribution in [0.4, 0.5) is 0 Å². The molecule has 1 aliphatic rings. The Morgan fingerprint density at radius 1 is 1.33 bits per heavy atom. The highest BCUT2D eigenvalue weighted by molar-refractivity contribution is 5.90. The van der Waals surface area contributed by atoms with E-state index in [9.17, 15) is 9.59 Å².